The number of amides is 1. The van der Waals surface area contributed by atoms with Crippen LogP contribution < -0.4 is 14.8 Å². The number of nitrogens with zero attached hydrogens (tertiary/aromatic N) is 1. The van der Waals surface area contributed by atoms with Gasteiger partial charge in [0, 0.05) is 29.0 Å². The number of benzene rings is 2. The average Bonchev–Trinajstić information content (AvgIpc) is 2.73. The van der Waals surface area contributed by atoms with E-state index in [1.165, 1.54) is 17.3 Å². The van der Waals surface area contributed by atoms with Gasteiger partial charge >= 0.3 is 0 Å². The van der Waals surface area contributed by atoms with Crippen LogP contribution in [-0.2, 0) is 11.4 Å². The van der Waals surface area contributed by atoms with E-state index in [9.17, 15) is 4.79 Å². The summed E-state index contributed by atoms with van der Waals surface area (Å²) in [6.45, 7) is 2.43. The minimum Gasteiger partial charge on any atom is -0.493 e. The van der Waals surface area contributed by atoms with E-state index in [1.807, 2.05) is 43.3 Å². The molecule has 0 bridgehead atoms. The predicted molar refractivity (Wildman–Crippen MR) is 112 cm³/mol. The number of hydrogen-bond acceptors (Lipinski definition) is 5. The van der Waals surface area contributed by atoms with Crippen LogP contribution in [0, 0.1) is 6.92 Å². The van der Waals surface area contributed by atoms with Crippen LogP contribution >= 0.6 is 11.8 Å². The Morgan fingerprint density at radius 1 is 1.04 bits per heavy atom. The number of hydrogen-bond donors (Lipinski definition) is 1. The largest absolute Gasteiger partial charge is 0.493 e. The number of methoxy groups -OCH3 is 1. The molecule has 6 heteroatoms. The molecular formula is C22H22N2O3S. The standard InChI is InChI=1S/C22H22N2O3S/c1-16-3-6-19(7-4-16)28-15-22(25)24-18-5-8-20(26-2)21(13-18)27-14-17-9-11-23-12-10-17/h3-13H,14-15H2,1-2H3,(H,24,25). The van der Waals surface area contributed by atoms with Gasteiger partial charge in [-0.1, -0.05) is 17.7 Å². The van der Waals surface area contributed by atoms with Crippen molar-refractivity contribution in [2.75, 3.05) is 18.2 Å². The van der Waals surface area contributed by atoms with Gasteiger partial charge < -0.3 is 14.8 Å². The molecule has 1 heterocycles. The number of aromatic nitrogens is 1. The zero-order valence-electron chi connectivity index (χ0n) is 15.8. The van der Waals surface area contributed by atoms with Crippen LogP contribution in [0.3, 0.4) is 0 Å². The molecule has 1 amide bonds. The molecular weight excluding hydrogens is 372 g/mol. The molecule has 144 valence electrons. The third kappa shape index (κ3) is 5.76. The molecule has 1 N–H and O–H groups in total. The summed E-state index contributed by atoms with van der Waals surface area (Å²) in [5.74, 6) is 1.45. The monoisotopic (exact) mass is 394 g/mol. The number of pyridine rings is 1. The number of nitrogens with one attached hydrogen (secondary N) is 1. The van der Waals surface area contributed by atoms with Crippen molar-refractivity contribution in [2.45, 2.75) is 18.4 Å². The SMILES string of the molecule is COc1ccc(NC(=O)CSc2ccc(C)cc2)cc1OCc1ccncc1. The molecule has 0 unspecified atom stereocenters. The second kappa shape index (κ2) is 9.80. The van der Waals surface area contributed by atoms with E-state index in [2.05, 4.69) is 10.3 Å². The maximum atomic E-state index is 12.3. The highest BCUT2D eigenvalue weighted by molar-refractivity contribution is 8.00. The smallest absolute Gasteiger partial charge is 0.234 e. The predicted octanol–water partition coefficient (Wildman–Crippen LogP) is 4.71. The van der Waals surface area contributed by atoms with Crippen molar-refractivity contribution in [3.63, 3.8) is 0 Å². The van der Waals surface area contributed by atoms with E-state index in [4.69, 9.17) is 9.47 Å². The lowest BCUT2D eigenvalue weighted by Gasteiger charge is -2.13. The van der Waals surface area contributed by atoms with Gasteiger partial charge in [-0.15, -0.1) is 11.8 Å². The van der Waals surface area contributed by atoms with Gasteiger partial charge in [0.1, 0.15) is 6.61 Å². The zero-order chi connectivity index (χ0) is 19.8. The number of carbonyl (C=O) groups excluding carboxylic acids is 1. The summed E-state index contributed by atoms with van der Waals surface area (Å²) in [6, 6.07) is 17.2. The highest BCUT2D eigenvalue weighted by atomic mass is 32.2. The Kier molecular flexibility index (Phi) is 6.92. The number of aryl methyl sites for hydroxylation is 1. The third-order valence-corrected chi connectivity index (χ3v) is 4.99. The van der Waals surface area contributed by atoms with Crippen LogP contribution in [0.1, 0.15) is 11.1 Å². The molecule has 28 heavy (non-hydrogen) atoms. The zero-order valence-corrected chi connectivity index (χ0v) is 16.7. The molecule has 0 spiro atoms. The molecule has 2 aromatic carbocycles. The summed E-state index contributed by atoms with van der Waals surface area (Å²) in [7, 11) is 1.59. The third-order valence-electron chi connectivity index (χ3n) is 3.98. The van der Waals surface area contributed by atoms with Gasteiger partial charge in [0.05, 0.1) is 12.9 Å². The van der Waals surface area contributed by atoms with E-state index in [-0.39, 0.29) is 5.91 Å². The first-order valence-corrected chi connectivity index (χ1v) is 9.81. The van der Waals surface area contributed by atoms with Crippen molar-refractivity contribution in [1.29, 1.82) is 0 Å². The Morgan fingerprint density at radius 2 is 1.79 bits per heavy atom. The van der Waals surface area contributed by atoms with Gasteiger partial charge in [0.25, 0.3) is 0 Å². The molecule has 0 saturated carbocycles. The molecule has 0 aliphatic heterocycles. The van der Waals surface area contributed by atoms with Crippen molar-refractivity contribution in [3.05, 3.63) is 78.1 Å². The minimum atomic E-state index is -0.0733. The normalized spacial score (nSPS) is 10.4. The topological polar surface area (TPSA) is 60.5 Å². The summed E-state index contributed by atoms with van der Waals surface area (Å²) in [5.41, 5.74) is 2.87. The molecule has 1 aromatic heterocycles. The van der Waals surface area contributed by atoms with E-state index >= 15 is 0 Å². The Morgan fingerprint density at radius 3 is 2.50 bits per heavy atom. The fourth-order valence-electron chi connectivity index (χ4n) is 2.49. The quantitative estimate of drug-likeness (QED) is 0.561. The van der Waals surface area contributed by atoms with E-state index in [0.717, 1.165) is 10.5 Å². The number of rotatable bonds is 8. The number of carbonyl (C=O) groups is 1. The number of anilines is 1. The molecule has 0 saturated heterocycles. The maximum absolute atomic E-state index is 12.3. The van der Waals surface area contributed by atoms with Crippen LogP contribution in [0.15, 0.2) is 71.9 Å². The Labute approximate surface area is 169 Å². The van der Waals surface area contributed by atoms with Crippen molar-refractivity contribution >= 4 is 23.4 Å². The van der Waals surface area contributed by atoms with Crippen molar-refractivity contribution in [1.82, 2.24) is 4.98 Å². The summed E-state index contributed by atoms with van der Waals surface area (Å²) < 4.78 is 11.2. The molecule has 0 aliphatic rings. The fraction of sp³-hybridized carbons (Fsp3) is 0.182. The van der Waals surface area contributed by atoms with Crippen LogP contribution in [-0.4, -0.2) is 23.8 Å². The van der Waals surface area contributed by atoms with Gasteiger partial charge in [0.15, 0.2) is 11.5 Å². The van der Waals surface area contributed by atoms with Crippen molar-refractivity contribution in [2.24, 2.45) is 0 Å². The maximum Gasteiger partial charge on any atom is 0.234 e. The summed E-state index contributed by atoms with van der Waals surface area (Å²) in [4.78, 5) is 17.3. The number of thioether (sulfide) groups is 1. The van der Waals surface area contributed by atoms with Gasteiger partial charge in [-0.2, -0.15) is 0 Å². The molecule has 5 nitrogen and oxygen atoms in total. The highest BCUT2D eigenvalue weighted by Gasteiger charge is 2.09. The second-order valence-corrected chi connectivity index (χ2v) is 7.21. The van der Waals surface area contributed by atoms with Crippen LogP contribution in [0.5, 0.6) is 11.5 Å². The summed E-state index contributed by atoms with van der Waals surface area (Å²) in [6.07, 6.45) is 3.44. The van der Waals surface area contributed by atoms with E-state index in [1.54, 1.807) is 37.7 Å². The van der Waals surface area contributed by atoms with Crippen molar-refractivity contribution in [3.8, 4) is 11.5 Å². The first-order valence-electron chi connectivity index (χ1n) is 8.83. The van der Waals surface area contributed by atoms with Gasteiger partial charge in [0.2, 0.25) is 5.91 Å². The molecule has 0 radical (unpaired) electrons. The number of ether oxygens (including phenoxy) is 2. The van der Waals surface area contributed by atoms with E-state index < -0.39 is 0 Å². The minimum absolute atomic E-state index is 0.0733. The highest BCUT2D eigenvalue weighted by Crippen LogP contribution is 2.31. The summed E-state index contributed by atoms with van der Waals surface area (Å²) >= 11 is 1.50. The van der Waals surface area contributed by atoms with Crippen LogP contribution in [0.2, 0.25) is 0 Å². The first kappa shape index (κ1) is 19.8. The lowest BCUT2D eigenvalue weighted by atomic mass is 10.2. The van der Waals surface area contributed by atoms with Gasteiger partial charge in [-0.25, -0.2) is 0 Å². The first-order chi connectivity index (χ1) is 13.6. The lowest BCUT2D eigenvalue weighted by molar-refractivity contribution is -0.113. The van der Waals surface area contributed by atoms with Crippen LogP contribution in [0.4, 0.5) is 5.69 Å². The van der Waals surface area contributed by atoms with Gasteiger partial charge in [-0.05, 0) is 48.9 Å². The Balaban J connectivity index is 1.60. The molecule has 3 aromatic rings. The lowest BCUT2D eigenvalue weighted by Crippen LogP contribution is -2.14. The van der Waals surface area contributed by atoms with E-state index in [0.29, 0.717) is 29.5 Å². The van der Waals surface area contributed by atoms with Gasteiger partial charge in [-0.3, -0.25) is 9.78 Å². The Hall–Kier alpha value is -2.99. The molecule has 3 rings (SSSR count). The van der Waals surface area contributed by atoms with Crippen molar-refractivity contribution < 1.29 is 14.3 Å². The average molecular weight is 394 g/mol. The summed E-state index contributed by atoms with van der Waals surface area (Å²) in [5, 5.41) is 2.91. The fourth-order valence-corrected chi connectivity index (χ4v) is 3.19. The molecule has 0 fully saturated rings. The molecule has 0 aliphatic carbocycles. The Bertz CT molecular complexity index is 915. The molecule has 0 atom stereocenters. The van der Waals surface area contributed by atoms with Crippen LogP contribution in [0.25, 0.3) is 0 Å². The second-order valence-electron chi connectivity index (χ2n) is 6.16.